The quantitative estimate of drug-likeness (QED) is 0.756. The first-order valence-electron chi connectivity index (χ1n) is 6.45. The summed E-state index contributed by atoms with van der Waals surface area (Å²) < 4.78 is 29.3. The number of carbonyl (C=O) groups is 1. The SMILES string of the molecule is Cc1ccc(NC(=O)NC(C)(C)CO)cc1OCC(F)F. The third kappa shape index (κ3) is 5.95. The monoisotopic (exact) mass is 302 g/mol. The van der Waals surface area contributed by atoms with Crippen molar-refractivity contribution in [2.75, 3.05) is 18.5 Å². The van der Waals surface area contributed by atoms with Gasteiger partial charge in [-0.1, -0.05) is 6.07 Å². The smallest absolute Gasteiger partial charge is 0.319 e. The van der Waals surface area contributed by atoms with Crippen LogP contribution in [0.3, 0.4) is 0 Å². The number of rotatable bonds is 6. The van der Waals surface area contributed by atoms with Gasteiger partial charge in [-0.05, 0) is 32.4 Å². The highest BCUT2D eigenvalue weighted by molar-refractivity contribution is 5.90. The predicted molar refractivity (Wildman–Crippen MR) is 76.0 cm³/mol. The molecule has 21 heavy (non-hydrogen) atoms. The van der Waals surface area contributed by atoms with E-state index in [1.165, 1.54) is 6.07 Å². The number of ether oxygens (including phenoxy) is 1. The Morgan fingerprint density at radius 2 is 2.10 bits per heavy atom. The summed E-state index contributed by atoms with van der Waals surface area (Å²) in [7, 11) is 0. The number of benzene rings is 1. The lowest BCUT2D eigenvalue weighted by Crippen LogP contribution is -2.48. The van der Waals surface area contributed by atoms with Crippen LogP contribution in [-0.2, 0) is 0 Å². The molecule has 0 unspecified atom stereocenters. The minimum atomic E-state index is -2.56. The molecule has 0 aliphatic rings. The molecule has 2 amide bonds. The van der Waals surface area contributed by atoms with Crippen molar-refractivity contribution in [2.45, 2.75) is 32.7 Å². The summed E-state index contributed by atoms with van der Waals surface area (Å²) >= 11 is 0. The van der Waals surface area contributed by atoms with Crippen LogP contribution in [0.4, 0.5) is 19.3 Å². The van der Waals surface area contributed by atoms with E-state index in [-0.39, 0.29) is 12.4 Å². The van der Waals surface area contributed by atoms with Crippen LogP contribution in [0.2, 0.25) is 0 Å². The Kier molecular flexibility index (Phi) is 5.90. The lowest BCUT2D eigenvalue weighted by molar-refractivity contribution is 0.0816. The molecule has 0 aromatic heterocycles. The molecule has 0 spiro atoms. The van der Waals surface area contributed by atoms with E-state index in [1.54, 1.807) is 32.9 Å². The second kappa shape index (κ2) is 7.21. The van der Waals surface area contributed by atoms with Crippen molar-refractivity contribution in [2.24, 2.45) is 0 Å². The molecule has 3 N–H and O–H groups in total. The number of alkyl halides is 2. The molecular weight excluding hydrogens is 282 g/mol. The van der Waals surface area contributed by atoms with E-state index in [0.717, 1.165) is 0 Å². The van der Waals surface area contributed by atoms with Crippen LogP contribution < -0.4 is 15.4 Å². The van der Waals surface area contributed by atoms with Gasteiger partial charge in [0.2, 0.25) is 0 Å². The number of aryl methyl sites for hydroxylation is 1. The van der Waals surface area contributed by atoms with Gasteiger partial charge in [-0.3, -0.25) is 0 Å². The first-order valence-corrected chi connectivity index (χ1v) is 6.45. The third-order valence-electron chi connectivity index (χ3n) is 2.66. The number of aliphatic hydroxyl groups is 1. The van der Waals surface area contributed by atoms with Crippen molar-refractivity contribution >= 4 is 11.7 Å². The maximum atomic E-state index is 12.2. The summed E-state index contributed by atoms with van der Waals surface area (Å²) in [5.41, 5.74) is 0.345. The Bertz CT molecular complexity index is 493. The van der Waals surface area contributed by atoms with E-state index in [0.29, 0.717) is 11.3 Å². The van der Waals surface area contributed by atoms with Gasteiger partial charge in [0.1, 0.15) is 12.4 Å². The number of anilines is 1. The van der Waals surface area contributed by atoms with E-state index in [4.69, 9.17) is 9.84 Å². The number of hydrogen-bond acceptors (Lipinski definition) is 3. The lowest BCUT2D eigenvalue weighted by atomic mass is 10.1. The fraction of sp³-hybridized carbons (Fsp3) is 0.500. The number of amides is 2. The van der Waals surface area contributed by atoms with Crippen molar-refractivity contribution in [1.29, 1.82) is 0 Å². The van der Waals surface area contributed by atoms with E-state index < -0.39 is 24.6 Å². The molecule has 1 rings (SSSR count). The van der Waals surface area contributed by atoms with Crippen LogP contribution >= 0.6 is 0 Å². The Hall–Kier alpha value is -1.89. The molecule has 7 heteroatoms. The summed E-state index contributed by atoms with van der Waals surface area (Å²) in [5.74, 6) is 0.287. The molecule has 5 nitrogen and oxygen atoms in total. The van der Waals surface area contributed by atoms with Gasteiger partial charge in [-0.25, -0.2) is 13.6 Å². The zero-order chi connectivity index (χ0) is 16.0. The summed E-state index contributed by atoms with van der Waals surface area (Å²) in [6.45, 7) is 4.14. The number of hydrogen-bond donors (Lipinski definition) is 3. The first-order chi connectivity index (χ1) is 9.73. The first kappa shape index (κ1) is 17.2. The van der Waals surface area contributed by atoms with Gasteiger partial charge in [0.25, 0.3) is 6.43 Å². The standard InChI is InChI=1S/C14H20F2N2O3/c1-9-4-5-10(6-11(9)21-7-12(15)16)17-13(20)18-14(2,3)8-19/h4-6,12,19H,7-8H2,1-3H3,(H2,17,18,20). The summed E-state index contributed by atoms with van der Waals surface area (Å²) in [6, 6.07) is 4.27. The predicted octanol–water partition coefficient (Wildman–Crippen LogP) is 2.53. The van der Waals surface area contributed by atoms with Gasteiger partial charge in [0.05, 0.1) is 12.1 Å². The molecule has 0 saturated heterocycles. The molecule has 0 bridgehead atoms. The Morgan fingerprint density at radius 1 is 1.43 bits per heavy atom. The van der Waals surface area contributed by atoms with E-state index in [1.807, 2.05) is 0 Å². The average molecular weight is 302 g/mol. The largest absolute Gasteiger partial charge is 0.487 e. The van der Waals surface area contributed by atoms with Crippen LogP contribution in [0.5, 0.6) is 5.75 Å². The fourth-order valence-corrected chi connectivity index (χ4v) is 1.50. The van der Waals surface area contributed by atoms with Crippen molar-refractivity contribution < 1.29 is 23.4 Å². The highest BCUT2D eigenvalue weighted by atomic mass is 19.3. The maximum absolute atomic E-state index is 12.2. The van der Waals surface area contributed by atoms with Gasteiger partial charge in [0, 0.05) is 11.8 Å². The summed E-state index contributed by atoms with van der Waals surface area (Å²) in [5, 5.41) is 14.2. The van der Waals surface area contributed by atoms with Crippen molar-refractivity contribution in [1.82, 2.24) is 5.32 Å². The summed E-state index contributed by atoms with van der Waals surface area (Å²) in [4.78, 5) is 11.8. The summed E-state index contributed by atoms with van der Waals surface area (Å²) in [6.07, 6.45) is -2.56. The fourth-order valence-electron chi connectivity index (χ4n) is 1.50. The Balaban J connectivity index is 2.71. The van der Waals surface area contributed by atoms with Crippen LogP contribution in [0.1, 0.15) is 19.4 Å². The zero-order valence-electron chi connectivity index (χ0n) is 12.2. The molecule has 1 aromatic carbocycles. The maximum Gasteiger partial charge on any atom is 0.319 e. The van der Waals surface area contributed by atoms with Crippen molar-refractivity contribution in [3.05, 3.63) is 23.8 Å². The highest BCUT2D eigenvalue weighted by Crippen LogP contribution is 2.23. The van der Waals surface area contributed by atoms with Crippen LogP contribution in [0.25, 0.3) is 0 Å². The topological polar surface area (TPSA) is 70.6 Å². The van der Waals surface area contributed by atoms with Gasteiger partial charge >= 0.3 is 6.03 Å². The molecule has 0 aliphatic carbocycles. The van der Waals surface area contributed by atoms with E-state index in [2.05, 4.69) is 10.6 Å². The number of aliphatic hydroxyl groups excluding tert-OH is 1. The average Bonchev–Trinajstić information content (AvgIpc) is 2.38. The molecular formula is C14H20F2N2O3. The minimum Gasteiger partial charge on any atom is -0.487 e. The molecule has 0 atom stereocenters. The number of carbonyl (C=O) groups excluding carboxylic acids is 1. The van der Waals surface area contributed by atoms with Crippen LogP contribution in [0.15, 0.2) is 18.2 Å². The molecule has 118 valence electrons. The molecule has 0 fully saturated rings. The zero-order valence-corrected chi connectivity index (χ0v) is 12.2. The molecule has 0 heterocycles. The van der Waals surface area contributed by atoms with Gasteiger partial charge < -0.3 is 20.5 Å². The number of halogens is 2. The second-order valence-electron chi connectivity index (χ2n) is 5.30. The Morgan fingerprint density at radius 3 is 2.67 bits per heavy atom. The number of nitrogens with one attached hydrogen (secondary N) is 2. The van der Waals surface area contributed by atoms with Crippen LogP contribution in [0, 0.1) is 6.92 Å². The third-order valence-corrected chi connectivity index (χ3v) is 2.66. The highest BCUT2D eigenvalue weighted by Gasteiger charge is 2.19. The van der Waals surface area contributed by atoms with Crippen molar-refractivity contribution in [3.8, 4) is 5.75 Å². The number of urea groups is 1. The van der Waals surface area contributed by atoms with E-state index in [9.17, 15) is 13.6 Å². The van der Waals surface area contributed by atoms with Gasteiger partial charge in [-0.15, -0.1) is 0 Å². The molecule has 0 aliphatic heterocycles. The van der Waals surface area contributed by atoms with Crippen LogP contribution in [-0.4, -0.2) is 36.3 Å². The molecule has 0 saturated carbocycles. The van der Waals surface area contributed by atoms with Gasteiger partial charge in [-0.2, -0.15) is 0 Å². The van der Waals surface area contributed by atoms with Gasteiger partial charge in [0.15, 0.2) is 0 Å². The second-order valence-corrected chi connectivity index (χ2v) is 5.30. The normalized spacial score (nSPS) is 11.4. The Labute approximate surface area is 122 Å². The van der Waals surface area contributed by atoms with E-state index >= 15 is 0 Å². The van der Waals surface area contributed by atoms with Crippen molar-refractivity contribution in [3.63, 3.8) is 0 Å². The lowest BCUT2D eigenvalue weighted by Gasteiger charge is -2.23. The minimum absolute atomic E-state index is 0.211. The molecule has 1 aromatic rings. The molecule has 0 radical (unpaired) electrons.